The topological polar surface area (TPSA) is 67.2 Å². The lowest BCUT2D eigenvalue weighted by molar-refractivity contribution is 0.369. The van der Waals surface area contributed by atoms with Crippen LogP contribution in [0.2, 0.25) is 0 Å². The average molecular weight is 272 g/mol. The van der Waals surface area contributed by atoms with E-state index >= 15 is 0 Å². The molecule has 0 saturated carbocycles. The molecule has 102 valence electrons. The molecule has 2 heterocycles. The Hall–Kier alpha value is -0.920. The molecule has 0 bridgehead atoms. The molecule has 0 atom stereocenters. The number of nitrogens with zero attached hydrogens (tertiary/aromatic N) is 3. The minimum atomic E-state index is -3.44. The largest absolute Gasteiger partial charge is 0.317 e. The lowest BCUT2D eigenvalue weighted by Gasteiger charge is -2.23. The van der Waals surface area contributed by atoms with Gasteiger partial charge in [-0.15, -0.1) is 0 Å². The van der Waals surface area contributed by atoms with Crippen LogP contribution in [-0.2, 0) is 16.6 Å². The van der Waals surface area contributed by atoms with Gasteiger partial charge in [-0.05, 0) is 38.3 Å². The second kappa shape index (κ2) is 5.38. The second-order valence-electron chi connectivity index (χ2n) is 4.87. The molecule has 1 saturated heterocycles. The Morgan fingerprint density at radius 1 is 1.44 bits per heavy atom. The van der Waals surface area contributed by atoms with E-state index in [1.807, 2.05) is 0 Å². The van der Waals surface area contributed by atoms with E-state index in [4.69, 9.17) is 0 Å². The summed E-state index contributed by atoms with van der Waals surface area (Å²) in [5, 5.41) is 3.31. The summed E-state index contributed by atoms with van der Waals surface area (Å²) < 4.78 is 26.7. The Labute approximate surface area is 108 Å². The van der Waals surface area contributed by atoms with Crippen LogP contribution in [0.3, 0.4) is 0 Å². The fourth-order valence-corrected chi connectivity index (χ4v) is 3.16. The van der Waals surface area contributed by atoms with Crippen molar-refractivity contribution in [3.8, 4) is 0 Å². The number of nitrogens with one attached hydrogen (secondary N) is 1. The van der Waals surface area contributed by atoms with Crippen molar-refractivity contribution in [2.45, 2.75) is 19.3 Å². The molecular formula is C11H20N4O2S. The van der Waals surface area contributed by atoms with Crippen LogP contribution in [0.5, 0.6) is 0 Å². The van der Waals surface area contributed by atoms with Crippen molar-refractivity contribution in [3.63, 3.8) is 0 Å². The maximum absolute atomic E-state index is 12.1. The third kappa shape index (κ3) is 2.73. The smallest absolute Gasteiger partial charge is 0.308 e. The highest BCUT2D eigenvalue weighted by Gasteiger charge is 2.22. The molecule has 1 fully saturated rings. The SMILES string of the molecule is CN(C)S(=O)(=O)n1cncc1CC1CCNCC1. The summed E-state index contributed by atoms with van der Waals surface area (Å²) >= 11 is 0. The summed E-state index contributed by atoms with van der Waals surface area (Å²) in [4.78, 5) is 3.98. The normalized spacial score (nSPS) is 18.4. The van der Waals surface area contributed by atoms with Gasteiger partial charge < -0.3 is 5.32 Å². The van der Waals surface area contributed by atoms with E-state index in [0.29, 0.717) is 5.92 Å². The second-order valence-corrected chi connectivity index (χ2v) is 6.89. The highest BCUT2D eigenvalue weighted by atomic mass is 32.2. The molecular weight excluding hydrogens is 252 g/mol. The Kier molecular flexibility index (Phi) is 4.04. The molecule has 2 rings (SSSR count). The molecule has 0 aromatic carbocycles. The van der Waals surface area contributed by atoms with Crippen LogP contribution in [0.25, 0.3) is 0 Å². The van der Waals surface area contributed by atoms with Crippen LogP contribution < -0.4 is 5.32 Å². The number of imidazole rings is 1. The van der Waals surface area contributed by atoms with Crippen LogP contribution in [-0.4, -0.2) is 48.9 Å². The Bertz CT molecular complexity index is 489. The molecule has 6 nitrogen and oxygen atoms in total. The Balaban J connectivity index is 2.17. The molecule has 1 N–H and O–H groups in total. The molecule has 18 heavy (non-hydrogen) atoms. The fourth-order valence-electron chi connectivity index (χ4n) is 2.22. The number of hydrogen-bond acceptors (Lipinski definition) is 4. The predicted molar refractivity (Wildman–Crippen MR) is 69.5 cm³/mol. The van der Waals surface area contributed by atoms with E-state index in [0.717, 1.165) is 38.0 Å². The lowest BCUT2D eigenvalue weighted by Crippen LogP contribution is -2.32. The monoisotopic (exact) mass is 272 g/mol. The quantitative estimate of drug-likeness (QED) is 0.843. The van der Waals surface area contributed by atoms with Crippen LogP contribution in [0.15, 0.2) is 12.5 Å². The molecule has 1 aliphatic rings. The van der Waals surface area contributed by atoms with Gasteiger partial charge in [0.05, 0.1) is 5.69 Å². The molecule has 1 aromatic rings. The fraction of sp³-hybridized carbons (Fsp3) is 0.727. The van der Waals surface area contributed by atoms with Gasteiger partial charge in [0.15, 0.2) is 0 Å². The van der Waals surface area contributed by atoms with Gasteiger partial charge >= 0.3 is 10.2 Å². The maximum atomic E-state index is 12.1. The molecule has 0 radical (unpaired) electrons. The first-order valence-electron chi connectivity index (χ1n) is 6.17. The number of rotatable bonds is 4. The zero-order chi connectivity index (χ0) is 13.2. The van der Waals surface area contributed by atoms with Crippen molar-refractivity contribution < 1.29 is 8.42 Å². The molecule has 0 spiro atoms. The van der Waals surface area contributed by atoms with Crippen molar-refractivity contribution in [1.29, 1.82) is 0 Å². The van der Waals surface area contributed by atoms with Crippen molar-refractivity contribution in [1.82, 2.24) is 18.6 Å². The van der Waals surface area contributed by atoms with Gasteiger partial charge in [-0.2, -0.15) is 12.7 Å². The van der Waals surface area contributed by atoms with Gasteiger partial charge in [0.25, 0.3) is 0 Å². The van der Waals surface area contributed by atoms with E-state index in [2.05, 4.69) is 10.3 Å². The zero-order valence-electron chi connectivity index (χ0n) is 10.8. The van der Waals surface area contributed by atoms with Gasteiger partial charge in [-0.3, -0.25) is 0 Å². The lowest BCUT2D eigenvalue weighted by atomic mass is 9.93. The first-order valence-corrected chi connectivity index (χ1v) is 7.56. The summed E-state index contributed by atoms with van der Waals surface area (Å²) in [7, 11) is -0.380. The van der Waals surface area contributed by atoms with E-state index in [-0.39, 0.29) is 0 Å². The summed E-state index contributed by atoms with van der Waals surface area (Å²) in [5.74, 6) is 0.541. The van der Waals surface area contributed by atoms with E-state index in [1.165, 1.54) is 28.7 Å². The van der Waals surface area contributed by atoms with Crippen LogP contribution in [0, 0.1) is 5.92 Å². The van der Waals surface area contributed by atoms with Gasteiger partial charge in [0, 0.05) is 20.3 Å². The van der Waals surface area contributed by atoms with Crippen molar-refractivity contribution in [3.05, 3.63) is 18.2 Å². The van der Waals surface area contributed by atoms with Gasteiger partial charge in [-0.1, -0.05) is 0 Å². The van der Waals surface area contributed by atoms with Gasteiger partial charge in [-0.25, -0.2) is 8.96 Å². The van der Waals surface area contributed by atoms with Gasteiger partial charge in [0.1, 0.15) is 6.33 Å². The summed E-state index contributed by atoms with van der Waals surface area (Å²) in [6, 6.07) is 0. The summed E-state index contributed by atoms with van der Waals surface area (Å²) in [6.45, 7) is 2.03. The number of piperidine rings is 1. The summed E-state index contributed by atoms with van der Waals surface area (Å²) in [6.07, 6.45) is 5.99. The molecule has 1 aromatic heterocycles. The predicted octanol–water partition coefficient (Wildman–Crippen LogP) is 0.0797. The maximum Gasteiger partial charge on any atom is 0.308 e. The van der Waals surface area contributed by atoms with Crippen LogP contribution in [0.4, 0.5) is 0 Å². The molecule has 0 amide bonds. The van der Waals surface area contributed by atoms with Crippen LogP contribution >= 0.6 is 0 Å². The van der Waals surface area contributed by atoms with E-state index in [9.17, 15) is 8.42 Å². The Morgan fingerprint density at radius 3 is 2.72 bits per heavy atom. The first-order chi connectivity index (χ1) is 8.51. The van der Waals surface area contributed by atoms with E-state index in [1.54, 1.807) is 6.20 Å². The minimum absolute atomic E-state index is 0.541. The van der Waals surface area contributed by atoms with Crippen molar-refractivity contribution >= 4 is 10.2 Å². The average Bonchev–Trinajstić information content (AvgIpc) is 2.79. The molecule has 7 heteroatoms. The molecule has 1 aliphatic heterocycles. The zero-order valence-corrected chi connectivity index (χ0v) is 11.7. The highest BCUT2D eigenvalue weighted by Crippen LogP contribution is 2.19. The summed E-state index contributed by atoms with van der Waals surface area (Å²) in [5.41, 5.74) is 0.774. The van der Waals surface area contributed by atoms with Crippen molar-refractivity contribution in [2.24, 2.45) is 5.92 Å². The number of hydrogen-bond donors (Lipinski definition) is 1. The van der Waals surface area contributed by atoms with Crippen LogP contribution in [0.1, 0.15) is 18.5 Å². The van der Waals surface area contributed by atoms with Crippen molar-refractivity contribution in [2.75, 3.05) is 27.2 Å². The standard InChI is InChI=1S/C11H20N4O2S/c1-14(2)18(16,17)15-9-13-8-11(15)7-10-3-5-12-6-4-10/h8-10,12H,3-7H2,1-2H3. The number of aromatic nitrogens is 2. The van der Waals surface area contributed by atoms with E-state index < -0.39 is 10.2 Å². The minimum Gasteiger partial charge on any atom is -0.317 e. The Morgan fingerprint density at radius 2 is 2.11 bits per heavy atom. The molecule has 0 aliphatic carbocycles. The van der Waals surface area contributed by atoms with Gasteiger partial charge in [0.2, 0.25) is 0 Å². The third-order valence-electron chi connectivity index (χ3n) is 3.34. The highest BCUT2D eigenvalue weighted by molar-refractivity contribution is 7.87. The third-order valence-corrected chi connectivity index (χ3v) is 5.09. The molecule has 0 unspecified atom stereocenters. The first kappa shape index (κ1) is 13.5.